The summed E-state index contributed by atoms with van der Waals surface area (Å²) in [7, 11) is 0. The molecule has 0 aliphatic carbocycles. The van der Waals surface area contributed by atoms with Crippen LogP contribution in [-0.2, 0) is 0 Å². The molecule has 0 atom stereocenters. The van der Waals surface area contributed by atoms with Crippen molar-refractivity contribution < 1.29 is 0 Å². The summed E-state index contributed by atoms with van der Waals surface area (Å²) in [5.74, 6) is 0.604. The van der Waals surface area contributed by atoms with Crippen molar-refractivity contribution in [2.24, 2.45) is 0 Å². The Bertz CT molecular complexity index is 1020. The molecule has 3 aromatic heterocycles. The molecule has 0 spiro atoms. The number of hydrogen-bond donors (Lipinski definition) is 1. The maximum atomic E-state index is 4.72. The Labute approximate surface area is 155 Å². The molecular formula is C20H17N5S. The number of aromatic nitrogens is 4. The van der Waals surface area contributed by atoms with Gasteiger partial charge in [-0.1, -0.05) is 18.2 Å². The van der Waals surface area contributed by atoms with Crippen LogP contribution in [0, 0.1) is 13.8 Å². The van der Waals surface area contributed by atoms with Gasteiger partial charge < -0.3 is 5.32 Å². The van der Waals surface area contributed by atoms with E-state index in [-0.39, 0.29) is 0 Å². The van der Waals surface area contributed by atoms with Gasteiger partial charge in [-0.15, -0.1) is 11.3 Å². The van der Waals surface area contributed by atoms with Crippen LogP contribution < -0.4 is 5.32 Å². The van der Waals surface area contributed by atoms with E-state index in [0.717, 1.165) is 39.0 Å². The molecule has 0 aliphatic rings. The van der Waals surface area contributed by atoms with Gasteiger partial charge in [-0.2, -0.15) is 0 Å². The van der Waals surface area contributed by atoms with E-state index >= 15 is 0 Å². The highest BCUT2D eigenvalue weighted by Gasteiger charge is 2.08. The second kappa shape index (κ2) is 7.01. The Morgan fingerprint density at radius 3 is 2.46 bits per heavy atom. The fourth-order valence-corrected chi connectivity index (χ4v) is 3.49. The second-order valence-corrected chi connectivity index (χ2v) is 6.79. The predicted octanol–water partition coefficient (Wildman–Crippen LogP) is 5.02. The molecule has 1 aromatic carbocycles. The highest BCUT2D eigenvalue weighted by Crippen LogP contribution is 2.29. The molecule has 0 radical (unpaired) electrons. The summed E-state index contributed by atoms with van der Waals surface area (Å²) in [6.07, 6.45) is 1.78. The molecule has 1 N–H and O–H groups in total. The quantitative estimate of drug-likeness (QED) is 0.554. The molecule has 0 amide bonds. The van der Waals surface area contributed by atoms with Crippen molar-refractivity contribution in [2.45, 2.75) is 13.8 Å². The van der Waals surface area contributed by atoms with Crippen LogP contribution in [0.15, 0.2) is 60.1 Å². The number of rotatable bonds is 4. The van der Waals surface area contributed by atoms with Gasteiger partial charge in [-0.3, -0.25) is 4.98 Å². The van der Waals surface area contributed by atoms with Crippen LogP contribution in [0.2, 0.25) is 0 Å². The molecule has 0 saturated heterocycles. The Kier molecular flexibility index (Phi) is 4.41. The Morgan fingerprint density at radius 2 is 1.69 bits per heavy atom. The third kappa shape index (κ3) is 3.60. The van der Waals surface area contributed by atoms with E-state index in [9.17, 15) is 0 Å². The van der Waals surface area contributed by atoms with Gasteiger partial charge in [0.15, 0.2) is 0 Å². The average molecular weight is 359 g/mol. The predicted molar refractivity (Wildman–Crippen MR) is 106 cm³/mol. The first-order valence-electron chi connectivity index (χ1n) is 8.24. The van der Waals surface area contributed by atoms with Crippen LogP contribution in [0.1, 0.15) is 11.4 Å². The Hall–Kier alpha value is -3.12. The van der Waals surface area contributed by atoms with Gasteiger partial charge in [0.05, 0.1) is 11.4 Å². The van der Waals surface area contributed by atoms with Gasteiger partial charge in [-0.25, -0.2) is 15.0 Å². The van der Waals surface area contributed by atoms with Crippen molar-refractivity contribution in [3.05, 3.63) is 71.5 Å². The molecule has 0 bridgehead atoms. The number of nitrogens with one attached hydrogen (secondary N) is 1. The van der Waals surface area contributed by atoms with Gasteiger partial charge in [-0.05, 0) is 44.2 Å². The maximum absolute atomic E-state index is 4.72. The van der Waals surface area contributed by atoms with Crippen LogP contribution in [0.25, 0.3) is 22.0 Å². The second-order valence-electron chi connectivity index (χ2n) is 5.93. The number of nitrogens with zero attached hydrogens (tertiary/aromatic N) is 4. The largest absolute Gasteiger partial charge is 0.324 e. The van der Waals surface area contributed by atoms with Crippen molar-refractivity contribution in [1.29, 1.82) is 0 Å². The van der Waals surface area contributed by atoms with E-state index in [0.29, 0.717) is 5.95 Å². The Morgan fingerprint density at radius 1 is 0.846 bits per heavy atom. The van der Waals surface area contributed by atoms with Crippen LogP contribution in [0.4, 0.5) is 11.6 Å². The fraction of sp³-hybridized carbons (Fsp3) is 0.100. The van der Waals surface area contributed by atoms with E-state index < -0.39 is 0 Å². The number of aryl methyl sites for hydroxylation is 2. The molecular weight excluding hydrogens is 342 g/mol. The number of hydrogen-bond acceptors (Lipinski definition) is 6. The normalized spacial score (nSPS) is 10.7. The Balaban J connectivity index is 1.61. The third-order valence-electron chi connectivity index (χ3n) is 3.78. The highest BCUT2D eigenvalue weighted by atomic mass is 32.1. The molecule has 0 unspecified atom stereocenters. The van der Waals surface area contributed by atoms with Crippen LogP contribution in [0.3, 0.4) is 0 Å². The van der Waals surface area contributed by atoms with Crippen molar-refractivity contribution in [2.75, 3.05) is 5.32 Å². The minimum Gasteiger partial charge on any atom is -0.324 e. The van der Waals surface area contributed by atoms with E-state index in [1.807, 2.05) is 56.3 Å². The standard InChI is InChI=1S/C20H17N5S/c1-13-10-14(2)23-20(22-13)24-16-7-5-6-15(11-16)18-12-26-19(25-18)17-8-3-4-9-21-17/h3-12H,1-2H3,(H,22,23,24). The van der Waals surface area contributed by atoms with Gasteiger partial charge in [0.2, 0.25) is 5.95 Å². The molecule has 0 aliphatic heterocycles. The first-order chi connectivity index (χ1) is 12.7. The lowest BCUT2D eigenvalue weighted by molar-refractivity contribution is 1.06. The molecule has 0 saturated carbocycles. The van der Waals surface area contributed by atoms with Gasteiger partial charge in [0.1, 0.15) is 5.01 Å². The first kappa shape index (κ1) is 16.4. The molecule has 5 nitrogen and oxygen atoms in total. The number of anilines is 2. The lowest BCUT2D eigenvalue weighted by Gasteiger charge is -2.07. The van der Waals surface area contributed by atoms with Crippen molar-refractivity contribution in [3.63, 3.8) is 0 Å². The van der Waals surface area contributed by atoms with Crippen molar-refractivity contribution in [3.8, 4) is 22.0 Å². The average Bonchev–Trinajstić information content (AvgIpc) is 3.12. The SMILES string of the molecule is Cc1cc(C)nc(Nc2cccc(-c3csc(-c4ccccn4)n3)c2)n1. The monoisotopic (exact) mass is 359 g/mol. The van der Waals surface area contributed by atoms with Crippen LogP contribution in [0.5, 0.6) is 0 Å². The van der Waals surface area contributed by atoms with E-state index in [1.165, 1.54) is 0 Å². The number of thiazole rings is 1. The maximum Gasteiger partial charge on any atom is 0.227 e. The summed E-state index contributed by atoms with van der Waals surface area (Å²) in [5, 5.41) is 6.24. The molecule has 4 aromatic rings. The molecule has 0 fully saturated rings. The minimum absolute atomic E-state index is 0.604. The summed E-state index contributed by atoms with van der Waals surface area (Å²) in [5.41, 5.74) is 5.67. The lowest BCUT2D eigenvalue weighted by atomic mass is 10.1. The lowest BCUT2D eigenvalue weighted by Crippen LogP contribution is -2.00. The number of pyridine rings is 1. The smallest absolute Gasteiger partial charge is 0.227 e. The summed E-state index contributed by atoms with van der Waals surface area (Å²) >= 11 is 1.59. The summed E-state index contributed by atoms with van der Waals surface area (Å²) < 4.78 is 0. The highest BCUT2D eigenvalue weighted by molar-refractivity contribution is 7.13. The van der Waals surface area contributed by atoms with Crippen LogP contribution >= 0.6 is 11.3 Å². The van der Waals surface area contributed by atoms with E-state index in [4.69, 9.17) is 4.98 Å². The molecule has 128 valence electrons. The van der Waals surface area contributed by atoms with Gasteiger partial charge >= 0.3 is 0 Å². The zero-order chi connectivity index (χ0) is 17.9. The van der Waals surface area contributed by atoms with Crippen molar-refractivity contribution >= 4 is 23.0 Å². The molecule has 6 heteroatoms. The van der Waals surface area contributed by atoms with Crippen molar-refractivity contribution in [1.82, 2.24) is 19.9 Å². The zero-order valence-corrected chi connectivity index (χ0v) is 15.3. The van der Waals surface area contributed by atoms with E-state index in [1.54, 1.807) is 17.5 Å². The molecule has 3 heterocycles. The summed E-state index contributed by atoms with van der Waals surface area (Å²) in [4.78, 5) is 18.0. The van der Waals surface area contributed by atoms with Gasteiger partial charge in [0, 0.05) is 34.2 Å². The topological polar surface area (TPSA) is 63.6 Å². The van der Waals surface area contributed by atoms with Gasteiger partial charge in [0.25, 0.3) is 0 Å². The van der Waals surface area contributed by atoms with E-state index in [2.05, 4.69) is 31.7 Å². The molecule has 4 rings (SSSR count). The zero-order valence-electron chi connectivity index (χ0n) is 14.5. The third-order valence-corrected chi connectivity index (χ3v) is 4.65. The van der Waals surface area contributed by atoms with Crippen LogP contribution in [-0.4, -0.2) is 19.9 Å². The minimum atomic E-state index is 0.604. The summed E-state index contributed by atoms with van der Waals surface area (Å²) in [6.45, 7) is 3.93. The fourth-order valence-electron chi connectivity index (χ4n) is 2.68. The molecule has 26 heavy (non-hydrogen) atoms. The first-order valence-corrected chi connectivity index (χ1v) is 9.12. The number of benzene rings is 1. The summed E-state index contributed by atoms with van der Waals surface area (Å²) in [6, 6.07) is 15.9.